The molecule has 0 unspecified atom stereocenters. The Morgan fingerprint density at radius 2 is 1.72 bits per heavy atom. The minimum atomic E-state index is -1.15. The van der Waals surface area contributed by atoms with Gasteiger partial charge in [-0.1, -0.05) is 47.5 Å². The molecule has 1 fully saturated rings. The monoisotopic (exact) mass is 428 g/mol. The predicted octanol–water partition coefficient (Wildman–Crippen LogP) is 4.91. The van der Waals surface area contributed by atoms with Gasteiger partial charge in [-0.25, -0.2) is 4.98 Å². The summed E-state index contributed by atoms with van der Waals surface area (Å²) in [5.74, 6) is -0.883. The van der Waals surface area contributed by atoms with Crippen molar-refractivity contribution >= 4 is 34.8 Å². The van der Waals surface area contributed by atoms with E-state index in [1.807, 2.05) is 12.1 Å². The van der Waals surface area contributed by atoms with Gasteiger partial charge in [0.05, 0.1) is 18.8 Å². The van der Waals surface area contributed by atoms with Crippen molar-refractivity contribution in [3.05, 3.63) is 93.1 Å². The molecule has 2 aromatic carbocycles. The molecule has 0 spiro atoms. The van der Waals surface area contributed by atoms with Crippen LogP contribution in [-0.2, 0) is 15.3 Å². The molecule has 1 aromatic heterocycles. The third kappa shape index (κ3) is 3.74. The lowest BCUT2D eigenvalue weighted by Crippen LogP contribution is -2.29. The van der Waals surface area contributed by atoms with E-state index in [4.69, 9.17) is 32.7 Å². The van der Waals surface area contributed by atoms with Crippen LogP contribution in [0.3, 0.4) is 0 Å². The lowest BCUT2D eigenvalue weighted by Gasteiger charge is -2.28. The second-order valence-corrected chi connectivity index (χ2v) is 7.40. The number of carbonyl (C=O) groups is 1. The van der Waals surface area contributed by atoms with Gasteiger partial charge in [0, 0.05) is 40.0 Å². The first-order chi connectivity index (χ1) is 14.0. The van der Waals surface area contributed by atoms with E-state index in [1.165, 1.54) is 0 Å². The molecule has 1 N–H and O–H groups in total. The summed E-state index contributed by atoms with van der Waals surface area (Å²) in [6.07, 6.45) is 1.65. The highest BCUT2D eigenvalue weighted by Crippen LogP contribution is 2.39. The Hall–Kier alpha value is -2.44. The zero-order valence-corrected chi connectivity index (χ0v) is 17.1. The van der Waals surface area contributed by atoms with Crippen LogP contribution in [-0.4, -0.2) is 31.0 Å². The number of anilines is 1. The van der Waals surface area contributed by atoms with Crippen LogP contribution in [0.1, 0.15) is 27.0 Å². The molecule has 0 radical (unpaired) electrons. The van der Waals surface area contributed by atoms with Gasteiger partial charge < -0.3 is 14.8 Å². The zero-order chi connectivity index (χ0) is 20.4. The van der Waals surface area contributed by atoms with Crippen LogP contribution in [0.5, 0.6) is 0 Å². The van der Waals surface area contributed by atoms with E-state index in [0.717, 1.165) is 5.56 Å². The second kappa shape index (κ2) is 8.13. The number of nitrogens with one attached hydrogen (secondary N) is 1. The van der Waals surface area contributed by atoms with Crippen molar-refractivity contribution in [1.82, 2.24) is 4.98 Å². The van der Waals surface area contributed by atoms with Gasteiger partial charge in [-0.2, -0.15) is 0 Å². The number of hydrogen-bond acceptors (Lipinski definition) is 5. The van der Waals surface area contributed by atoms with Crippen molar-refractivity contribution < 1.29 is 14.3 Å². The molecule has 4 rings (SSSR count). The number of rotatable bonds is 5. The third-order valence-electron chi connectivity index (χ3n) is 4.75. The second-order valence-electron chi connectivity index (χ2n) is 6.53. The highest BCUT2D eigenvalue weighted by molar-refractivity contribution is 6.31. The molecule has 2 heterocycles. The molecule has 0 aliphatic carbocycles. The van der Waals surface area contributed by atoms with Gasteiger partial charge in [-0.05, 0) is 30.3 Å². The Labute approximate surface area is 178 Å². The van der Waals surface area contributed by atoms with Crippen molar-refractivity contribution in [2.75, 3.05) is 25.6 Å². The van der Waals surface area contributed by atoms with Gasteiger partial charge in [-0.3, -0.25) is 4.79 Å². The molecule has 148 valence electrons. The Morgan fingerprint density at radius 1 is 1.00 bits per heavy atom. The van der Waals surface area contributed by atoms with Gasteiger partial charge in [0.25, 0.3) is 0 Å². The first-order valence-electron chi connectivity index (χ1n) is 9.06. The largest absolute Gasteiger partial charge is 0.373 e. The number of benzene rings is 2. The first kappa shape index (κ1) is 19.9. The number of carbonyl (C=O) groups excluding carboxylic acids is 1. The standard InChI is InChI=1S/C22H18Cl2N2O3/c1-25-21-19(20(27)14-3-2-4-18(24)11-14)12-16(13-26-21)22(28-9-10-29-22)15-5-7-17(23)8-6-15/h2-8,11-13H,9-10H2,1H3,(H,25,26). The average molecular weight is 429 g/mol. The summed E-state index contributed by atoms with van der Waals surface area (Å²) < 4.78 is 12.1. The fourth-order valence-electron chi connectivity index (χ4n) is 3.38. The van der Waals surface area contributed by atoms with Crippen LogP contribution in [0.25, 0.3) is 0 Å². The molecule has 29 heavy (non-hydrogen) atoms. The smallest absolute Gasteiger partial charge is 0.224 e. The van der Waals surface area contributed by atoms with E-state index >= 15 is 0 Å². The van der Waals surface area contributed by atoms with Crippen LogP contribution in [0.15, 0.2) is 60.8 Å². The molecule has 0 saturated carbocycles. The molecule has 7 heteroatoms. The Balaban J connectivity index is 1.83. The molecular weight excluding hydrogens is 411 g/mol. The lowest BCUT2D eigenvalue weighted by atomic mass is 9.95. The van der Waals surface area contributed by atoms with Gasteiger partial charge in [-0.15, -0.1) is 0 Å². The summed E-state index contributed by atoms with van der Waals surface area (Å²) >= 11 is 12.1. The topological polar surface area (TPSA) is 60.5 Å². The summed E-state index contributed by atoms with van der Waals surface area (Å²) in [6.45, 7) is 0.849. The van der Waals surface area contributed by atoms with Crippen molar-refractivity contribution in [1.29, 1.82) is 0 Å². The molecule has 5 nitrogen and oxygen atoms in total. The van der Waals surface area contributed by atoms with Gasteiger partial charge in [0.15, 0.2) is 5.78 Å². The number of ketones is 1. The summed E-state index contributed by atoms with van der Waals surface area (Å²) in [4.78, 5) is 17.6. The summed E-state index contributed by atoms with van der Waals surface area (Å²) in [5.41, 5.74) is 2.28. The Kier molecular flexibility index (Phi) is 5.56. The van der Waals surface area contributed by atoms with Crippen molar-refractivity contribution in [2.24, 2.45) is 0 Å². The SMILES string of the molecule is CNc1ncc(C2(c3ccc(Cl)cc3)OCCO2)cc1C(=O)c1cccc(Cl)c1. The summed E-state index contributed by atoms with van der Waals surface area (Å²) in [6, 6.07) is 15.8. The van der Waals surface area contributed by atoms with E-state index in [0.29, 0.717) is 45.8 Å². The molecule has 0 amide bonds. The fourth-order valence-corrected chi connectivity index (χ4v) is 3.70. The van der Waals surface area contributed by atoms with Crippen LogP contribution < -0.4 is 5.32 Å². The molecule has 3 aromatic rings. The summed E-state index contributed by atoms with van der Waals surface area (Å²) in [5, 5.41) is 4.08. The Morgan fingerprint density at radius 3 is 2.38 bits per heavy atom. The van der Waals surface area contributed by atoms with Crippen LogP contribution in [0.2, 0.25) is 10.0 Å². The predicted molar refractivity (Wildman–Crippen MR) is 113 cm³/mol. The maximum atomic E-state index is 13.2. The molecule has 1 aliphatic rings. The van der Waals surface area contributed by atoms with Crippen LogP contribution >= 0.6 is 23.2 Å². The number of nitrogens with zero attached hydrogens (tertiary/aromatic N) is 1. The lowest BCUT2D eigenvalue weighted by molar-refractivity contribution is -0.130. The van der Waals surface area contributed by atoms with Gasteiger partial charge >= 0.3 is 0 Å². The number of pyridine rings is 1. The number of hydrogen-bond donors (Lipinski definition) is 1. The minimum absolute atomic E-state index is 0.199. The number of ether oxygens (including phenoxy) is 2. The van der Waals surface area contributed by atoms with E-state index < -0.39 is 5.79 Å². The number of aromatic nitrogens is 1. The minimum Gasteiger partial charge on any atom is -0.373 e. The van der Waals surface area contributed by atoms with E-state index in [1.54, 1.807) is 55.7 Å². The quantitative estimate of drug-likeness (QED) is 0.584. The van der Waals surface area contributed by atoms with Crippen molar-refractivity contribution in [2.45, 2.75) is 5.79 Å². The molecule has 0 bridgehead atoms. The van der Waals surface area contributed by atoms with Crippen molar-refractivity contribution in [3.8, 4) is 0 Å². The van der Waals surface area contributed by atoms with E-state index in [2.05, 4.69) is 10.3 Å². The third-order valence-corrected chi connectivity index (χ3v) is 5.24. The van der Waals surface area contributed by atoms with Crippen molar-refractivity contribution in [3.63, 3.8) is 0 Å². The molecule has 1 aliphatic heterocycles. The first-order valence-corrected chi connectivity index (χ1v) is 9.81. The highest BCUT2D eigenvalue weighted by atomic mass is 35.5. The van der Waals surface area contributed by atoms with E-state index in [-0.39, 0.29) is 5.78 Å². The van der Waals surface area contributed by atoms with Crippen LogP contribution in [0, 0.1) is 0 Å². The maximum absolute atomic E-state index is 13.2. The molecule has 1 saturated heterocycles. The average Bonchev–Trinajstić information content (AvgIpc) is 3.24. The number of halogens is 2. The fraction of sp³-hybridized carbons (Fsp3) is 0.182. The van der Waals surface area contributed by atoms with E-state index in [9.17, 15) is 4.79 Å². The zero-order valence-electron chi connectivity index (χ0n) is 15.6. The van der Waals surface area contributed by atoms with Crippen LogP contribution in [0.4, 0.5) is 5.82 Å². The van der Waals surface area contributed by atoms with Gasteiger partial charge in [0.2, 0.25) is 5.79 Å². The maximum Gasteiger partial charge on any atom is 0.224 e. The molecule has 0 atom stereocenters. The highest BCUT2D eigenvalue weighted by Gasteiger charge is 2.41. The molecular formula is C22H18Cl2N2O3. The van der Waals surface area contributed by atoms with Gasteiger partial charge in [0.1, 0.15) is 5.82 Å². The Bertz CT molecular complexity index is 1050. The summed E-state index contributed by atoms with van der Waals surface area (Å²) in [7, 11) is 1.72. The normalized spacial score (nSPS) is 15.3.